The number of nitrogens with zero attached hydrogens (tertiary/aromatic N) is 2. The number of thioether (sulfide) groups is 1. The normalized spacial score (nSPS) is 9.56. The van der Waals surface area contributed by atoms with E-state index in [1.165, 1.54) is 0 Å². The van der Waals surface area contributed by atoms with Crippen LogP contribution >= 0.6 is 11.8 Å². The third kappa shape index (κ3) is 1.42. The van der Waals surface area contributed by atoms with Gasteiger partial charge in [-0.15, -0.1) is 11.8 Å². The van der Waals surface area contributed by atoms with Crippen molar-refractivity contribution in [1.29, 1.82) is 0 Å². The first-order valence-electron chi connectivity index (χ1n) is 2.65. The molecule has 0 amide bonds. The zero-order valence-electron chi connectivity index (χ0n) is 5.46. The van der Waals surface area contributed by atoms with Gasteiger partial charge in [-0.25, -0.2) is 9.97 Å². The van der Waals surface area contributed by atoms with E-state index in [2.05, 4.69) is 9.97 Å². The zero-order chi connectivity index (χ0) is 6.69. The van der Waals surface area contributed by atoms with Crippen LogP contribution in [0.4, 0.5) is 0 Å². The molecule has 1 aromatic rings. The van der Waals surface area contributed by atoms with Gasteiger partial charge in [0.2, 0.25) is 0 Å². The van der Waals surface area contributed by atoms with Gasteiger partial charge in [-0.1, -0.05) is 0 Å². The van der Waals surface area contributed by atoms with Gasteiger partial charge in [0.1, 0.15) is 11.4 Å². The first-order valence-corrected chi connectivity index (χ1v) is 3.87. The van der Waals surface area contributed by atoms with Gasteiger partial charge in [-0.2, -0.15) is 0 Å². The van der Waals surface area contributed by atoms with Crippen molar-refractivity contribution >= 4 is 11.8 Å². The lowest BCUT2D eigenvalue weighted by Crippen LogP contribution is -1.84. The molecule has 3 heteroatoms. The molecule has 2 nitrogen and oxygen atoms in total. The predicted octanol–water partition coefficient (Wildman–Crippen LogP) is 1.51. The van der Waals surface area contributed by atoms with Crippen LogP contribution in [-0.2, 0) is 0 Å². The second-order valence-electron chi connectivity index (χ2n) is 1.72. The van der Waals surface area contributed by atoms with E-state index in [1.807, 2.05) is 19.4 Å². The Morgan fingerprint density at radius 1 is 1.56 bits per heavy atom. The van der Waals surface area contributed by atoms with Crippen molar-refractivity contribution in [2.24, 2.45) is 0 Å². The molecule has 0 aliphatic heterocycles. The van der Waals surface area contributed by atoms with Gasteiger partial charge < -0.3 is 0 Å². The number of aromatic nitrogens is 2. The number of aryl methyl sites for hydroxylation is 1. The summed E-state index contributed by atoms with van der Waals surface area (Å²) in [4.78, 5) is 7.92. The van der Waals surface area contributed by atoms with E-state index >= 15 is 0 Å². The maximum atomic E-state index is 4.05. The summed E-state index contributed by atoms with van der Waals surface area (Å²) in [5.41, 5.74) is 1.14. The first kappa shape index (κ1) is 6.55. The molecule has 0 spiro atoms. The van der Waals surface area contributed by atoms with E-state index in [4.69, 9.17) is 0 Å². The molecule has 0 aromatic carbocycles. The highest BCUT2D eigenvalue weighted by atomic mass is 32.2. The molecule has 0 aliphatic carbocycles. The SMILES string of the molecule is CSc1ncncc1C. The van der Waals surface area contributed by atoms with Gasteiger partial charge in [0.25, 0.3) is 0 Å². The van der Waals surface area contributed by atoms with Crippen molar-refractivity contribution in [3.8, 4) is 0 Å². The topological polar surface area (TPSA) is 25.8 Å². The average molecular weight is 140 g/mol. The lowest BCUT2D eigenvalue weighted by molar-refractivity contribution is 1.01. The van der Waals surface area contributed by atoms with Crippen molar-refractivity contribution in [3.05, 3.63) is 18.1 Å². The van der Waals surface area contributed by atoms with Crippen LogP contribution in [0.2, 0.25) is 0 Å². The van der Waals surface area contributed by atoms with Gasteiger partial charge in [-0.3, -0.25) is 0 Å². The minimum absolute atomic E-state index is 1.06. The van der Waals surface area contributed by atoms with Crippen LogP contribution in [0.25, 0.3) is 0 Å². The number of hydrogen-bond acceptors (Lipinski definition) is 3. The summed E-state index contributed by atoms with van der Waals surface area (Å²) in [6.45, 7) is 2.01. The summed E-state index contributed by atoms with van der Waals surface area (Å²) in [5, 5.41) is 1.06. The van der Waals surface area contributed by atoms with E-state index in [0.29, 0.717) is 0 Å². The summed E-state index contributed by atoms with van der Waals surface area (Å²) >= 11 is 1.64. The molecule has 0 bridgehead atoms. The Bertz CT molecular complexity index is 200. The second-order valence-corrected chi connectivity index (χ2v) is 2.51. The summed E-state index contributed by atoms with van der Waals surface area (Å²) in [5.74, 6) is 0. The first-order chi connectivity index (χ1) is 4.34. The van der Waals surface area contributed by atoms with Crippen LogP contribution < -0.4 is 0 Å². The van der Waals surface area contributed by atoms with Crippen LogP contribution in [0.1, 0.15) is 5.56 Å². The standard InChI is InChI=1S/C6H8N2S/c1-5-3-7-4-8-6(5)9-2/h3-4H,1-2H3. The fourth-order valence-electron chi connectivity index (χ4n) is 0.602. The van der Waals surface area contributed by atoms with Crippen molar-refractivity contribution in [2.75, 3.05) is 6.26 Å². The van der Waals surface area contributed by atoms with E-state index in [1.54, 1.807) is 18.1 Å². The van der Waals surface area contributed by atoms with Crippen LogP contribution in [-0.4, -0.2) is 16.2 Å². The minimum atomic E-state index is 1.06. The molecular weight excluding hydrogens is 132 g/mol. The highest BCUT2D eigenvalue weighted by molar-refractivity contribution is 7.98. The molecule has 0 atom stereocenters. The van der Waals surface area contributed by atoms with Gasteiger partial charge >= 0.3 is 0 Å². The molecule has 0 fully saturated rings. The summed E-state index contributed by atoms with van der Waals surface area (Å²) < 4.78 is 0. The van der Waals surface area contributed by atoms with E-state index in [0.717, 1.165) is 10.6 Å². The Morgan fingerprint density at radius 2 is 2.33 bits per heavy atom. The Morgan fingerprint density at radius 3 is 2.78 bits per heavy atom. The summed E-state index contributed by atoms with van der Waals surface area (Å²) in [6, 6.07) is 0. The van der Waals surface area contributed by atoms with Gasteiger partial charge in [0.15, 0.2) is 0 Å². The quantitative estimate of drug-likeness (QED) is 0.437. The molecule has 0 unspecified atom stereocenters. The van der Waals surface area contributed by atoms with Gasteiger partial charge in [-0.05, 0) is 18.7 Å². The van der Waals surface area contributed by atoms with Crippen molar-refractivity contribution in [1.82, 2.24) is 9.97 Å². The molecule has 48 valence electrons. The molecule has 0 saturated carbocycles. The lowest BCUT2D eigenvalue weighted by Gasteiger charge is -1.95. The highest BCUT2D eigenvalue weighted by Gasteiger charge is 1.93. The molecule has 1 rings (SSSR count). The average Bonchev–Trinajstić information content (AvgIpc) is 1.89. The third-order valence-corrected chi connectivity index (χ3v) is 1.85. The maximum Gasteiger partial charge on any atom is 0.116 e. The second kappa shape index (κ2) is 2.82. The smallest absolute Gasteiger partial charge is 0.116 e. The highest BCUT2D eigenvalue weighted by Crippen LogP contribution is 2.13. The molecule has 1 aromatic heterocycles. The Hall–Kier alpha value is -0.570. The van der Waals surface area contributed by atoms with Crippen LogP contribution in [0.5, 0.6) is 0 Å². The Balaban J connectivity index is 3.01. The van der Waals surface area contributed by atoms with E-state index in [-0.39, 0.29) is 0 Å². The maximum absolute atomic E-state index is 4.05. The Labute approximate surface area is 58.7 Å². The van der Waals surface area contributed by atoms with Crippen LogP contribution in [0, 0.1) is 6.92 Å². The van der Waals surface area contributed by atoms with Crippen LogP contribution in [0.3, 0.4) is 0 Å². The largest absolute Gasteiger partial charge is 0.244 e. The fourth-order valence-corrected chi connectivity index (χ4v) is 1.13. The summed E-state index contributed by atoms with van der Waals surface area (Å²) in [7, 11) is 0. The van der Waals surface area contributed by atoms with Gasteiger partial charge in [0.05, 0.1) is 0 Å². The minimum Gasteiger partial charge on any atom is -0.244 e. The molecule has 0 saturated heterocycles. The van der Waals surface area contributed by atoms with E-state index in [9.17, 15) is 0 Å². The molecule has 0 radical (unpaired) electrons. The third-order valence-electron chi connectivity index (χ3n) is 1.04. The van der Waals surface area contributed by atoms with E-state index < -0.39 is 0 Å². The summed E-state index contributed by atoms with van der Waals surface area (Å²) in [6.07, 6.45) is 5.40. The number of rotatable bonds is 1. The number of hydrogen-bond donors (Lipinski definition) is 0. The predicted molar refractivity (Wildman–Crippen MR) is 38.6 cm³/mol. The van der Waals surface area contributed by atoms with Crippen molar-refractivity contribution in [2.45, 2.75) is 11.9 Å². The van der Waals surface area contributed by atoms with Crippen LogP contribution in [0.15, 0.2) is 17.6 Å². The zero-order valence-corrected chi connectivity index (χ0v) is 6.27. The molecular formula is C6H8N2S. The monoisotopic (exact) mass is 140 g/mol. The lowest BCUT2D eigenvalue weighted by atomic mass is 10.4. The van der Waals surface area contributed by atoms with Crippen molar-refractivity contribution in [3.63, 3.8) is 0 Å². The fraction of sp³-hybridized carbons (Fsp3) is 0.333. The molecule has 1 heterocycles. The molecule has 0 aliphatic rings. The van der Waals surface area contributed by atoms with Gasteiger partial charge in [0, 0.05) is 6.20 Å². The Kier molecular flexibility index (Phi) is 2.05. The van der Waals surface area contributed by atoms with Crippen molar-refractivity contribution < 1.29 is 0 Å². The molecule has 9 heavy (non-hydrogen) atoms. The molecule has 0 N–H and O–H groups in total.